The summed E-state index contributed by atoms with van der Waals surface area (Å²) in [7, 11) is 0. The molecule has 1 rings (SSSR count). The summed E-state index contributed by atoms with van der Waals surface area (Å²) >= 11 is 0. The first-order valence-electron chi connectivity index (χ1n) is 6.96. The Hall–Kier alpha value is -1.10. The van der Waals surface area contributed by atoms with Gasteiger partial charge < -0.3 is 15.5 Å². The van der Waals surface area contributed by atoms with Crippen molar-refractivity contribution >= 4 is 11.9 Å². The molecule has 110 valence electrons. The van der Waals surface area contributed by atoms with Crippen LogP contribution in [0.15, 0.2) is 0 Å². The van der Waals surface area contributed by atoms with Crippen molar-refractivity contribution in [3.05, 3.63) is 0 Å². The molecule has 0 aromatic carbocycles. The third-order valence-electron chi connectivity index (χ3n) is 3.76. The fraction of sp³-hybridized carbons (Fsp3) is 0.857. The monoisotopic (exact) mass is 271 g/mol. The van der Waals surface area contributed by atoms with Gasteiger partial charge in [0.05, 0.1) is 6.42 Å². The summed E-state index contributed by atoms with van der Waals surface area (Å²) in [5, 5.41) is 21.1. The smallest absolute Gasteiger partial charge is 0.303 e. The van der Waals surface area contributed by atoms with E-state index >= 15 is 0 Å². The number of amides is 1. The Kier molecular flexibility index (Phi) is 5.79. The first-order valence-corrected chi connectivity index (χ1v) is 6.96. The van der Waals surface area contributed by atoms with E-state index in [9.17, 15) is 14.7 Å². The van der Waals surface area contributed by atoms with E-state index in [4.69, 9.17) is 5.11 Å². The van der Waals surface area contributed by atoms with E-state index in [0.717, 1.165) is 25.7 Å². The lowest BCUT2D eigenvalue weighted by Crippen LogP contribution is -2.44. The van der Waals surface area contributed by atoms with Gasteiger partial charge in [0.25, 0.3) is 0 Å². The molecule has 1 saturated carbocycles. The minimum atomic E-state index is -0.885. The van der Waals surface area contributed by atoms with Gasteiger partial charge in [0.1, 0.15) is 0 Å². The summed E-state index contributed by atoms with van der Waals surface area (Å²) in [6.07, 6.45) is 4.20. The highest BCUT2D eigenvalue weighted by Gasteiger charge is 2.29. The number of aliphatic hydroxyl groups excluding tert-OH is 1. The van der Waals surface area contributed by atoms with Crippen LogP contribution in [0.2, 0.25) is 0 Å². The van der Waals surface area contributed by atoms with Gasteiger partial charge in [-0.1, -0.05) is 26.7 Å². The van der Waals surface area contributed by atoms with Crippen LogP contribution >= 0.6 is 0 Å². The van der Waals surface area contributed by atoms with Gasteiger partial charge in [-0.05, 0) is 18.3 Å². The number of carbonyl (C=O) groups excluding carboxylic acids is 1. The van der Waals surface area contributed by atoms with Crippen molar-refractivity contribution in [3.63, 3.8) is 0 Å². The summed E-state index contributed by atoms with van der Waals surface area (Å²) in [6, 6.07) is 0.0341. The maximum absolute atomic E-state index is 12.0. The molecule has 2 unspecified atom stereocenters. The fourth-order valence-electron chi connectivity index (χ4n) is 2.78. The third-order valence-corrected chi connectivity index (χ3v) is 3.76. The average Bonchev–Trinajstić information content (AvgIpc) is 2.26. The first kappa shape index (κ1) is 16.0. The SMILES string of the molecule is CC(C)(CC(=O)O)CC(=O)NC1CCCCC1CO. The quantitative estimate of drug-likeness (QED) is 0.684. The van der Waals surface area contributed by atoms with Crippen molar-refractivity contribution in [3.8, 4) is 0 Å². The molecule has 0 bridgehead atoms. The van der Waals surface area contributed by atoms with Crippen LogP contribution in [0.25, 0.3) is 0 Å². The first-order chi connectivity index (χ1) is 8.84. The minimum Gasteiger partial charge on any atom is -0.481 e. The molecule has 2 atom stereocenters. The standard InChI is InChI=1S/C14H25NO4/c1-14(2,8-13(18)19)7-12(17)15-11-6-4-3-5-10(11)9-16/h10-11,16H,3-9H2,1-2H3,(H,15,17)(H,18,19). The molecule has 0 radical (unpaired) electrons. The molecule has 0 heterocycles. The van der Waals surface area contributed by atoms with Crippen LogP contribution in [-0.2, 0) is 9.59 Å². The van der Waals surface area contributed by atoms with E-state index in [0.29, 0.717) is 0 Å². The molecule has 5 nitrogen and oxygen atoms in total. The topological polar surface area (TPSA) is 86.6 Å². The molecule has 5 heteroatoms. The third kappa shape index (κ3) is 5.59. The molecular weight excluding hydrogens is 246 g/mol. The summed E-state index contributed by atoms with van der Waals surface area (Å²) in [6.45, 7) is 3.67. The second-order valence-electron chi connectivity index (χ2n) is 6.31. The molecule has 0 aromatic heterocycles. The average molecular weight is 271 g/mol. The van der Waals surface area contributed by atoms with Crippen molar-refractivity contribution in [2.24, 2.45) is 11.3 Å². The Morgan fingerprint density at radius 3 is 2.42 bits per heavy atom. The largest absolute Gasteiger partial charge is 0.481 e. The number of hydrogen-bond donors (Lipinski definition) is 3. The van der Waals surface area contributed by atoms with E-state index in [2.05, 4.69) is 5.32 Å². The number of rotatable bonds is 6. The Morgan fingerprint density at radius 1 is 1.21 bits per heavy atom. The van der Waals surface area contributed by atoms with E-state index in [-0.39, 0.29) is 37.3 Å². The summed E-state index contributed by atoms with van der Waals surface area (Å²) < 4.78 is 0. The zero-order valence-corrected chi connectivity index (χ0v) is 11.8. The summed E-state index contributed by atoms with van der Waals surface area (Å²) in [5.41, 5.74) is -0.542. The summed E-state index contributed by atoms with van der Waals surface area (Å²) in [5.74, 6) is -0.861. The lowest BCUT2D eigenvalue weighted by atomic mass is 9.83. The predicted molar refractivity (Wildman–Crippen MR) is 71.6 cm³/mol. The van der Waals surface area contributed by atoms with Gasteiger partial charge in [0.15, 0.2) is 0 Å². The van der Waals surface area contributed by atoms with Crippen molar-refractivity contribution < 1.29 is 19.8 Å². The Labute approximate surface area is 114 Å². The minimum absolute atomic E-state index is 0.0193. The van der Waals surface area contributed by atoms with Crippen LogP contribution in [0, 0.1) is 11.3 Å². The van der Waals surface area contributed by atoms with Crippen molar-refractivity contribution in [1.29, 1.82) is 0 Å². The van der Waals surface area contributed by atoms with E-state index in [1.807, 2.05) is 0 Å². The predicted octanol–water partition coefficient (Wildman–Crippen LogP) is 1.54. The molecule has 0 spiro atoms. The van der Waals surface area contributed by atoms with Crippen LogP contribution < -0.4 is 5.32 Å². The molecule has 0 saturated heterocycles. The van der Waals surface area contributed by atoms with Gasteiger partial charge in [-0.25, -0.2) is 0 Å². The highest BCUT2D eigenvalue weighted by Crippen LogP contribution is 2.27. The Morgan fingerprint density at radius 2 is 1.84 bits per heavy atom. The number of carbonyl (C=O) groups is 2. The van der Waals surface area contributed by atoms with E-state index < -0.39 is 11.4 Å². The van der Waals surface area contributed by atoms with Crippen LogP contribution in [0.4, 0.5) is 0 Å². The van der Waals surface area contributed by atoms with Crippen LogP contribution in [-0.4, -0.2) is 34.7 Å². The molecule has 1 aliphatic rings. The molecule has 1 fully saturated rings. The normalized spacial score (nSPS) is 23.9. The van der Waals surface area contributed by atoms with Gasteiger partial charge in [-0.15, -0.1) is 0 Å². The molecule has 19 heavy (non-hydrogen) atoms. The number of carboxylic acid groups (broad SMARTS) is 1. The van der Waals surface area contributed by atoms with Crippen molar-refractivity contribution in [2.75, 3.05) is 6.61 Å². The zero-order valence-electron chi connectivity index (χ0n) is 11.8. The van der Waals surface area contributed by atoms with Crippen LogP contribution in [0.5, 0.6) is 0 Å². The van der Waals surface area contributed by atoms with Crippen LogP contribution in [0.3, 0.4) is 0 Å². The van der Waals surface area contributed by atoms with Gasteiger partial charge in [-0.2, -0.15) is 0 Å². The maximum Gasteiger partial charge on any atom is 0.303 e. The maximum atomic E-state index is 12.0. The molecule has 1 aliphatic carbocycles. The second kappa shape index (κ2) is 6.89. The molecule has 3 N–H and O–H groups in total. The summed E-state index contributed by atoms with van der Waals surface area (Å²) in [4.78, 5) is 22.7. The Bertz CT molecular complexity index is 327. The van der Waals surface area contributed by atoms with Crippen LogP contribution in [0.1, 0.15) is 52.4 Å². The van der Waals surface area contributed by atoms with Crippen molar-refractivity contribution in [2.45, 2.75) is 58.4 Å². The molecule has 0 aromatic rings. The zero-order chi connectivity index (χ0) is 14.5. The second-order valence-corrected chi connectivity index (χ2v) is 6.31. The fourth-order valence-corrected chi connectivity index (χ4v) is 2.78. The highest BCUT2D eigenvalue weighted by molar-refractivity contribution is 5.78. The molecular formula is C14H25NO4. The number of carboxylic acids is 1. The lowest BCUT2D eigenvalue weighted by Gasteiger charge is -2.32. The van der Waals surface area contributed by atoms with Gasteiger partial charge >= 0.3 is 5.97 Å². The Balaban J connectivity index is 2.47. The molecule has 0 aliphatic heterocycles. The van der Waals surface area contributed by atoms with E-state index in [1.54, 1.807) is 13.8 Å². The van der Waals surface area contributed by atoms with Gasteiger partial charge in [0, 0.05) is 25.0 Å². The van der Waals surface area contributed by atoms with Crippen molar-refractivity contribution in [1.82, 2.24) is 5.32 Å². The van der Waals surface area contributed by atoms with Gasteiger partial charge in [-0.3, -0.25) is 9.59 Å². The number of aliphatic hydroxyl groups is 1. The van der Waals surface area contributed by atoms with Gasteiger partial charge in [0.2, 0.25) is 5.91 Å². The number of nitrogens with one attached hydrogen (secondary N) is 1. The number of aliphatic carboxylic acids is 1. The van der Waals surface area contributed by atoms with E-state index in [1.165, 1.54) is 0 Å². The highest BCUT2D eigenvalue weighted by atomic mass is 16.4. The number of hydrogen-bond acceptors (Lipinski definition) is 3. The lowest BCUT2D eigenvalue weighted by molar-refractivity contribution is -0.139. The molecule has 1 amide bonds.